The first-order valence-electron chi connectivity index (χ1n) is 5.58. The molecule has 0 aliphatic rings. The van der Waals surface area contributed by atoms with Crippen LogP contribution in [0.15, 0.2) is 28.3 Å². The van der Waals surface area contributed by atoms with Gasteiger partial charge in [0.2, 0.25) is 5.88 Å². The number of methoxy groups -OCH3 is 1. The van der Waals surface area contributed by atoms with Crippen molar-refractivity contribution in [2.45, 2.75) is 13.0 Å². The SMILES string of the molecule is CCNC(c1cc(OC)ncn1)c1sccc1Br. The van der Waals surface area contributed by atoms with Gasteiger partial charge in [-0.05, 0) is 33.9 Å². The number of hydrogen-bond acceptors (Lipinski definition) is 5. The lowest BCUT2D eigenvalue weighted by Gasteiger charge is -2.16. The Morgan fingerprint density at radius 1 is 1.50 bits per heavy atom. The third-order valence-corrected chi connectivity index (χ3v) is 4.42. The minimum absolute atomic E-state index is 0.0567. The fourth-order valence-electron chi connectivity index (χ4n) is 1.67. The van der Waals surface area contributed by atoms with Gasteiger partial charge in [0.15, 0.2) is 0 Å². The molecule has 1 atom stereocenters. The summed E-state index contributed by atoms with van der Waals surface area (Å²) in [6.07, 6.45) is 1.53. The topological polar surface area (TPSA) is 47.0 Å². The van der Waals surface area contributed by atoms with Gasteiger partial charge in [-0.25, -0.2) is 9.97 Å². The maximum atomic E-state index is 5.14. The quantitative estimate of drug-likeness (QED) is 0.917. The summed E-state index contributed by atoms with van der Waals surface area (Å²) in [4.78, 5) is 9.58. The van der Waals surface area contributed by atoms with E-state index in [2.05, 4.69) is 43.5 Å². The van der Waals surface area contributed by atoms with Gasteiger partial charge in [0.1, 0.15) is 6.33 Å². The number of halogens is 1. The van der Waals surface area contributed by atoms with Gasteiger partial charge in [-0.1, -0.05) is 6.92 Å². The molecule has 0 saturated carbocycles. The monoisotopic (exact) mass is 327 g/mol. The van der Waals surface area contributed by atoms with Crippen LogP contribution >= 0.6 is 27.3 Å². The van der Waals surface area contributed by atoms with Crippen LogP contribution in [0.4, 0.5) is 0 Å². The molecule has 0 saturated heterocycles. The van der Waals surface area contributed by atoms with Gasteiger partial charge >= 0.3 is 0 Å². The second-order valence-corrected chi connectivity index (χ2v) is 5.41. The van der Waals surface area contributed by atoms with Crippen molar-refractivity contribution in [1.29, 1.82) is 0 Å². The van der Waals surface area contributed by atoms with E-state index < -0.39 is 0 Å². The summed E-state index contributed by atoms with van der Waals surface area (Å²) < 4.78 is 6.24. The lowest BCUT2D eigenvalue weighted by molar-refractivity contribution is 0.395. The Kier molecular flexibility index (Phi) is 4.68. The first-order valence-corrected chi connectivity index (χ1v) is 7.25. The summed E-state index contributed by atoms with van der Waals surface area (Å²) in [6.45, 7) is 2.94. The van der Waals surface area contributed by atoms with Gasteiger partial charge in [-0.2, -0.15) is 0 Å². The van der Waals surface area contributed by atoms with Gasteiger partial charge in [-0.15, -0.1) is 11.3 Å². The maximum absolute atomic E-state index is 5.14. The Labute approximate surface area is 119 Å². The zero-order chi connectivity index (χ0) is 13.0. The molecule has 1 unspecified atom stereocenters. The van der Waals surface area contributed by atoms with Crippen LogP contribution in [0.5, 0.6) is 5.88 Å². The van der Waals surface area contributed by atoms with Gasteiger partial charge in [0, 0.05) is 15.4 Å². The predicted octanol–water partition coefficient (Wildman–Crippen LogP) is 3.01. The standard InChI is InChI=1S/C12H14BrN3OS/c1-3-14-11(12-8(13)4-5-18-12)9-6-10(17-2)16-7-15-9/h4-7,11,14H,3H2,1-2H3. The Balaban J connectivity index is 2.38. The molecule has 2 heterocycles. The van der Waals surface area contributed by atoms with Crippen molar-refractivity contribution in [2.75, 3.05) is 13.7 Å². The highest BCUT2D eigenvalue weighted by Crippen LogP contribution is 2.32. The van der Waals surface area contributed by atoms with Crippen LogP contribution in [0, 0.1) is 0 Å². The summed E-state index contributed by atoms with van der Waals surface area (Å²) in [7, 11) is 1.61. The lowest BCUT2D eigenvalue weighted by Crippen LogP contribution is -2.22. The van der Waals surface area contributed by atoms with E-state index >= 15 is 0 Å². The van der Waals surface area contributed by atoms with E-state index in [9.17, 15) is 0 Å². The van der Waals surface area contributed by atoms with Crippen LogP contribution in [0.1, 0.15) is 23.5 Å². The highest BCUT2D eigenvalue weighted by molar-refractivity contribution is 9.10. The molecule has 0 aromatic carbocycles. The Bertz CT molecular complexity index is 518. The van der Waals surface area contributed by atoms with Crippen molar-refractivity contribution in [3.63, 3.8) is 0 Å². The van der Waals surface area contributed by atoms with Gasteiger partial charge in [0.05, 0.1) is 18.8 Å². The molecule has 0 spiro atoms. The number of ether oxygens (including phenoxy) is 1. The van der Waals surface area contributed by atoms with E-state index in [-0.39, 0.29) is 6.04 Å². The third kappa shape index (κ3) is 2.88. The first kappa shape index (κ1) is 13.5. The molecule has 18 heavy (non-hydrogen) atoms. The normalized spacial score (nSPS) is 12.4. The number of thiophene rings is 1. The van der Waals surface area contributed by atoms with Crippen molar-refractivity contribution in [2.24, 2.45) is 0 Å². The first-order chi connectivity index (χ1) is 8.76. The van der Waals surface area contributed by atoms with Gasteiger partial charge < -0.3 is 10.1 Å². The van der Waals surface area contributed by atoms with Crippen LogP contribution in [-0.2, 0) is 0 Å². The Morgan fingerprint density at radius 2 is 2.33 bits per heavy atom. The van der Waals surface area contributed by atoms with Gasteiger partial charge in [0.25, 0.3) is 0 Å². The molecule has 2 aromatic heterocycles. The number of aromatic nitrogens is 2. The van der Waals surface area contributed by atoms with E-state index in [1.165, 1.54) is 11.2 Å². The molecule has 96 valence electrons. The molecule has 2 rings (SSSR count). The largest absolute Gasteiger partial charge is 0.481 e. The second-order valence-electron chi connectivity index (χ2n) is 3.61. The fraction of sp³-hybridized carbons (Fsp3) is 0.333. The highest BCUT2D eigenvalue weighted by atomic mass is 79.9. The number of hydrogen-bond donors (Lipinski definition) is 1. The number of nitrogens with zero attached hydrogens (tertiary/aromatic N) is 2. The summed E-state index contributed by atoms with van der Waals surface area (Å²) >= 11 is 5.26. The van der Waals surface area contributed by atoms with Crippen LogP contribution < -0.4 is 10.1 Å². The molecule has 0 fully saturated rings. The summed E-state index contributed by atoms with van der Waals surface area (Å²) in [5.74, 6) is 0.579. The van der Waals surface area contributed by atoms with E-state index in [0.717, 1.165) is 16.7 Å². The van der Waals surface area contributed by atoms with E-state index in [0.29, 0.717) is 5.88 Å². The smallest absolute Gasteiger partial charge is 0.216 e. The van der Waals surface area contributed by atoms with Crippen LogP contribution in [0.2, 0.25) is 0 Å². The van der Waals surface area contributed by atoms with Crippen molar-refractivity contribution in [1.82, 2.24) is 15.3 Å². The summed E-state index contributed by atoms with van der Waals surface area (Å²) in [5.41, 5.74) is 0.909. The van der Waals surface area contributed by atoms with Gasteiger partial charge in [-0.3, -0.25) is 0 Å². The summed E-state index contributed by atoms with van der Waals surface area (Å²) in [5, 5.41) is 5.49. The van der Waals surface area contributed by atoms with E-state index in [4.69, 9.17) is 4.74 Å². The minimum Gasteiger partial charge on any atom is -0.481 e. The maximum Gasteiger partial charge on any atom is 0.216 e. The van der Waals surface area contributed by atoms with Crippen molar-refractivity contribution < 1.29 is 4.74 Å². The molecule has 1 N–H and O–H groups in total. The molecule has 0 amide bonds. The highest BCUT2D eigenvalue weighted by Gasteiger charge is 2.19. The molecule has 2 aromatic rings. The molecule has 0 aliphatic carbocycles. The zero-order valence-corrected chi connectivity index (χ0v) is 12.6. The predicted molar refractivity (Wildman–Crippen MR) is 76.1 cm³/mol. The van der Waals surface area contributed by atoms with Crippen LogP contribution in [-0.4, -0.2) is 23.6 Å². The van der Waals surface area contributed by atoms with Crippen molar-refractivity contribution >= 4 is 27.3 Å². The van der Waals surface area contributed by atoms with Crippen LogP contribution in [0.25, 0.3) is 0 Å². The Hall–Kier alpha value is -0.980. The molecular formula is C12H14BrN3OS. The van der Waals surface area contributed by atoms with E-state index in [1.54, 1.807) is 18.4 Å². The minimum atomic E-state index is 0.0567. The molecule has 0 aliphatic heterocycles. The van der Waals surface area contributed by atoms with Crippen molar-refractivity contribution in [3.05, 3.63) is 38.9 Å². The fourth-order valence-corrected chi connectivity index (χ4v) is 3.36. The third-order valence-electron chi connectivity index (χ3n) is 2.48. The molecule has 0 radical (unpaired) electrons. The van der Waals surface area contributed by atoms with E-state index in [1.807, 2.05) is 12.1 Å². The molecular weight excluding hydrogens is 314 g/mol. The Morgan fingerprint density at radius 3 is 2.94 bits per heavy atom. The molecule has 6 heteroatoms. The number of nitrogens with one attached hydrogen (secondary N) is 1. The van der Waals surface area contributed by atoms with Crippen LogP contribution in [0.3, 0.4) is 0 Å². The average Bonchev–Trinajstić information content (AvgIpc) is 2.82. The number of rotatable bonds is 5. The summed E-state index contributed by atoms with van der Waals surface area (Å²) in [6, 6.07) is 3.96. The van der Waals surface area contributed by atoms with Crippen molar-refractivity contribution in [3.8, 4) is 5.88 Å². The zero-order valence-electron chi connectivity index (χ0n) is 10.2. The second kappa shape index (κ2) is 6.26. The lowest BCUT2D eigenvalue weighted by atomic mass is 10.1. The molecule has 4 nitrogen and oxygen atoms in total. The molecule has 0 bridgehead atoms. The average molecular weight is 328 g/mol.